The second-order valence-corrected chi connectivity index (χ2v) is 18.1. The van der Waals surface area contributed by atoms with E-state index < -0.39 is 102 Å². The smallest absolute Gasteiger partial charge is 0.243 e. The number of aromatic amines is 2. The van der Waals surface area contributed by atoms with E-state index in [2.05, 4.69) is 57.2 Å². The molecular formula is C50H68N14O9. The van der Waals surface area contributed by atoms with Crippen LogP contribution in [0.2, 0.25) is 0 Å². The summed E-state index contributed by atoms with van der Waals surface area (Å²) in [5.41, 5.74) is 19.5. The molecule has 3 heterocycles. The predicted molar refractivity (Wildman–Crippen MR) is 270 cm³/mol. The third-order valence-electron chi connectivity index (χ3n) is 12.4. The summed E-state index contributed by atoms with van der Waals surface area (Å²) < 4.78 is 0. The van der Waals surface area contributed by atoms with Crippen molar-refractivity contribution in [1.29, 1.82) is 0 Å². The van der Waals surface area contributed by atoms with Crippen molar-refractivity contribution in [3.05, 3.63) is 90.1 Å². The van der Waals surface area contributed by atoms with Gasteiger partial charge in [0.2, 0.25) is 47.3 Å². The third kappa shape index (κ3) is 17.9. The van der Waals surface area contributed by atoms with Crippen LogP contribution in [0.1, 0.15) is 88.5 Å². The first-order chi connectivity index (χ1) is 35.0. The first-order valence-electron chi connectivity index (χ1n) is 24.5. The standard InChI is InChI=1S/C50H68N14O9/c1-3-4-14-37(59-29(2)65)46(70)61-38-17-18-43(67)55-21-19-31(45(69)62-39(44(51)68)23-32-26-57-35-15-9-8-13-34(32)35)24-42(66)36(16-10-20-56-50(52)53)60-48(72)40(22-30-11-6-5-7-12-30)63-49(73)41(64-47(38)71)25-33-27-54-28-58-33/h5-9,11-13,15,26-28,31,36-41,57H,3-4,10,14,16-25H2,1-2H3,(H2,51,68)(H,54,58)(H,55,67)(H,59,65)(H,60,72)(H,61,70)(H,62,69)(H,63,73)(H,64,71)(H4,52,53,56)/t31-,36+,37+,38+,39+,40+,41+/m1/s1. The Labute approximate surface area is 422 Å². The molecular weight excluding hydrogens is 941 g/mol. The number of unbranched alkanes of at least 4 members (excludes halogenated alkanes) is 1. The van der Waals surface area contributed by atoms with E-state index in [-0.39, 0.29) is 76.8 Å². The summed E-state index contributed by atoms with van der Waals surface area (Å²) in [7, 11) is 0. The molecule has 2 aromatic heterocycles. The number of amides is 8. The molecule has 5 rings (SSSR count). The molecule has 8 amide bonds. The normalized spacial score (nSPS) is 20.3. The molecule has 2 aromatic carbocycles. The monoisotopic (exact) mass is 1010 g/mol. The zero-order chi connectivity index (χ0) is 52.9. The van der Waals surface area contributed by atoms with Gasteiger partial charge in [-0.15, -0.1) is 0 Å². The lowest BCUT2D eigenvalue weighted by Crippen LogP contribution is -2.59. The number of benzene rings is 2. The molecule has 0 bridgehead atoms. The van der Waals surface area contributed by atoms with Gasteiger partial charge in [-0.1, -0.05) is 68.3 Å². The van der Waals surface area contributed by atoms with Crippen LogP contribution in [0.3, 0.4) is 0 Å². The molecule has 0 unspecified atom stereocenters. The number of nitrogens with one attached hydrogen (secondary N) is 9. The number of carbonyl (C=O) groups is 9. The number of nitrogens with two attached hydrogens (primary N) is 3. The average Bonchev–Trinajstić information content (AvgIpc) is 4.03. The van der Waals surface area contributed by atoms with E-state index in [9.17, 15) is 43.2 Å². The molecule has 73 heavy (non-hydrogen) atoms. The number of rotatable bonds is 19. The van der Waals surface area contributed by atoms with Crippen LogP contribution in [-0.2, 0) is 62.4 Å². The van der Waals surface area contributed by atoms with Gasteiger partial charge in [-0.05, 0) is 49.3 Å². The van der Waals surface area contributed by atoms with Crippen molar-refractivity contribution in [2.75, 3.05) is 13.1 Å². The molecule has 0 aliphatic carbocycles. The van der Waals surface area contributed by atoms with Crippen molar-refractivity contribution in [3.63, 3.8) is 0 Å². The molecule has 15 N–H and O–H groups in total. The second kappa shape index (κ2) is 28.1. The maximum Gasteiger partial charge on any atom is 0.243 e. The number of guanidine groups is 1. The minimum Gasteiger partial charge on any atom is -0.370 e. The van der Waals surface area contributed by atoms with Gasteiger partial charge in [0.25, 0.3) is 0 Å². The highest BCUT2D eigenvalue weighted by Crippen LogP contribution is 2.21. The highest BCUT2D eigenvalue weighted by Gasteiger charge is 2.35. The fraction of sp³-hybridized carbons (Fsp3) is 0.460. The molecule has 0 spiro atoms. The van der Waals surface area contributed by atoms with Gasteiger partial charge in [0.15, 0.2) is 11.7 Å². The van der Waals surface area contributed by atoms with Gasteiger partial charge < -0.3 is 64.4 Å². The molecule has 0 saturated carbocycles. The van der Waals surface area contributed by atoms with E-state index in [0.29, 0.717) is 29.7 Å². The number of imidazole rings is 1. The van der Waals surface area contributed by atoms with Gasteiger partial charge in [0, 0.05) is 87.0 Å². The Kier molecular flexibility index (Phi) is 21.5. The van der Waals surface area contributed by atoms with Crippen LogP contribution in [-0.4, -0.2) is 123 Å². The minimum atomic E-state index is -1.42. The second-order valence-electron chi connectivity index (χ2n) is 18.1. The molecule has 4 aromatic rings. The summed E-state index contributed by atoms with van der Waals surface area (Å²) >= 11 is 0. The lowest BCUT2D eigenvalue weighted by atomic mass is 9.92. The largest absolute Gasteiger partial charge is 0.370 e. The van der Waals surface area contributed by atoms with Crippen LogP contribution < -0.4 is 54.4 Å². The van der Waals surface area contributed by atoms with Crippen molar-refractivity contribution in [2.45, 2.75) is 127 Å². The van der Waals surface area contributed by atoms with E-state index in [0.717, 1.165) is 10.9 Å². The molecule has 23 heteroatoms. The van der Waals surface area contributed by atoms with Crippen molar-refractivity contribution in [3.8, 4) is 0 Å². The Morgan fingerprint density at radius 3 is 2.19 bits per heavy atom. The fourth-order valence-electron chi connectivity index (χ4n) is 8.48. The van der Waals surface area contributed by atoms with Crippen LogP contribution >= 0.6 is 0 Å². The number of ketones is 1. The maximum absolute atomic E-state index is 14.6. The Balaban J connectivity index is 1.52. The lowest BCUT2D eigenvalue weighted by molar-refractivity contribution is -0.135. The Bertz CT molecular complexity index is 2560. The molecule has 1 aliphatic rings. The van der Waals surface area contributed by atoms with Gasteiger partial charge in [-0.25, -0.2) is 4.98 Å². The number of primary amides is 1. The van der Waals surface area contributed by atoms with Gasteiger partial charge in [0.1, 0.15) is 30.2 Å². The molecule has 1 saturated heterocycles. The summed E-state index contributed by atoms with van der Waals surface area (Å²) in [6.45, 7) is 3.09. The quantitative estimate of drug-likeness (QED) is 0.0320. The third-order valence-corrected chi connectivity index (χ3v) is 12.4. The van der Waals surface area contributed by atoms with Crippen molar-refractivity contribution >= 4 is 69.9 Å². The van der Waals surface area contributed by atoms with Crippen molar-refractivity contribution < 1.29 is 43.2 Å². The molecule has 1 aliphatic heterocycles. The van der Waals surface area contributed by atoms with Crippen molar-refractivity contribution in [2.24, 2.45) is 28.1 Å². The number of H-pyrrole nitrogens is 2. The van der Waals surface area contributed by atoms with Crippen LogP contribution in [0.25, 0.3) is 10.9 Å². The first kappa shape index (κ1) is 55.8. The minimum absolute atomic E-state index is 0.00421. The van der Waals surface area contributed by atoms with Crippen LogP contribution in [0, 0.1) is 5.92 Å². The number of fused-ring (bicyclic) bond motifs is 1. The number of aliphatic imine (C=N–C) groups is 1. The number of hydrogen-bond acceptors (Lipinski definition) is 11. The lowest BCUT2D eigenvalue weighted by Gasteiger charge is -2.27. The average molecular weight is 1010 g/mol. The highest BCUT2D eigenvalue weighted by molar-refractivity contribution is 5.98. The Hall–Kier alpha value is -8.11. The topological polar surface area (TPSA) is 373 Å². The van der Waals surface area contributed by atoms with Gasteiger partial charge >= 0.3 is 0 Å². The van der Waals surface area contributed by atoms with Gasteiger partial charge in [-0.3, -0.25) is 48.1 Å². The first-order valence-corrected chi connectivity index (χ1v) is 24.5. The Morgan fingerprint density at radius 2 is 1.51 bits per heavy atom. The summed E-state index contributed by atoms with van der Waals surface area (Å²) in [5, 5.41) is 19.8. The fourth-order valence-corrected chi connectivity index (χ4v) is 8.48. The van der Waals surface area contributed by atoms with E-state index in [1.807, 2.05) is 31.2 Å². The predicted octanol–water partition coefficient (Wildman–Crippen LogP) is -0.548. The molecule has 0 radical (unpaired) electrons. The number of Topliss-reactive ketones (excluding diaryl/α,β-unsaturated/α-hetero) is 1. The number of aromatic nitrogens is 3. The van der Waals surface area contributed by atoms with E-state index in [1.54, 1.807) is 36.5 Å². The molecule has 7 atom stereocenters. The van der Waals surface area contributed by atoms with E-state index in [4.69, 9.17) is 17.2 Å². The van der Waals surface area contributed by atoms with Crippen molar-refractivity contribution in [1.82, 2.24) is 52.2 Å². The van der Waals surface area contributed by atoms with Crippen LogP contribution in [0.5, 0.6) is 0 Å². The zero-order valence-corrected chi connectivity index (χ0v) is 41.2. The number of para-hydroxylation sites is 1. The van der Waals surface area contributed by atoms with Gasteiger partial charge in [-0.2, -0.15) is 0 Å². The number of nitrogens with zero attached hydrogens (tertiary/aromatic N) is 2. The van der Waals surface area contributed by atoms with Gasteiger partial charge in [0.05, 0.1) is 12.4 Å². The SMILES string of the molecule is CCCC[C@H](NC(C)=O)C(=O)N[C@H]1CCC(=O)NCC[C@@H](C(=O)N[C@@H](Cc2c[nH]c3ccccc23)C(N)=O)CC(=O)[C@H](CCCN=C(N)N)NC(=O)[C@H](Cc2ccccc2)NC(=O)[C@H](Cc2cnc[nH]2)NC1=O. The summed E-state index contributed by atoms with van der Waals surface area (Å²) in [4.78, 5) is 139. The summed E-state index contributed by atoms with van der Waals surface area (Å²) in [6.07, 6.45) is 4.82. The highest BCUT2D eigenvalue weighted by atomic mass is 16.2. The molecule has 23 nitrogen and oxygen atoms in total. The van der Waals surface area contributed by atoms with E-state index in [1.165, 1.54) is 19.4 Å². The van der Waals surface area contributed by atoms with Crippen LogP contribution in [0.15, 0.2) is 78.3 Å². The zero-order valence-electron chi connectivity index (χ0n) is 41.2. The van der Waals surface area contributed by atoms with E-state index >= 15 is 0 Å². The number of carbonyl (C=O) groups excluding carboxylic acids is 9. The molecule has 392 valence electrons. The summed E-state index contributed by atoms with van der Waals surface area (Å²) in [5.74, 6) is -7.72. The summed E-state index contributed by atoms with van der Waals surface area (Å²) in [6, 6.07) is 8.48. The number of hydrogen-bond donors (Lipinski definition) is 12. The maximum atomic E-state index is 14.6. The Morgan fingerprint density at radius 1 is 0.808 bits per heavy atom. The molecule has 1 fully saturated rings. The van der Waals surface area contributed by atoms with Crippen LogP contribution in [0.4, 0.5) is 0 Å².